The molecule has 1 saturated carbocycles. The third-order valence-electron chi connectivity index (χ3n) is 3.82. The summed E-state index contributed by atoms with van der Waals surface area (Å²) < 4.78 is 27.2. The van der Waals surface area contributed by atoms with Gasteiger partial charge in [0.2, 0.25) is 0 Å². The number of aryl methyl sites for hydroxylation is 1. The van der Waals surface area contributed by atoms with Gasteiger partial charge in [-0.2, -0.15) is 9.40 Å². The second-order valence-corrected chi connectivity index (χ2v) is 7.92. The van der Waals surface area contributed by atoms with Crippen LogP contribution in [-0.2, 0) is 16.6 Å². The van der Waals surface area contributed by atoms with Crippen LogP contribution >= 0.6 is 0 Å². The maximum absolute atomic E-state index is 12.8. The molecular formula is C14H26N4O2S. The number of sulfonamides is 1. The lowest BCUT2D eigenvalue weighted by Crippen LogP contribution is -2.34. The molecule has 120 valence electrons. The summed E-state index contributed by atoms with van der Waals surface area (Å²) in [5.74, 6) is 0.525. The van der Waals surface area contributed by atoms with Crippen LogP contribution in [0.4, 0.5) is 0 Å². The monoisotopic (exact) mass is 314 g/mol. The molecule has 0 radical (unpaired) electrons. The average Bonchev–Trinajstić information content (AvgIpc) is 3.15. The standard InChI is InChI=1S/C14H26N4O2S/c1-5-18(9-12-6-7-12)21(19,20)14-13(8-15-10(2)3)11(4)16-17-14/h10,12,15H,5-9H2,1-4H3,(H,16,17). The second kappa shape index (κ2) is 6.46. The molecule has 1 heterocycles. The quantitative estimate of drug-likeness (QED) is 0.764. The van der Waals surface area contributed by atoms with E-state index in [1.54, 1.807) is 4.31 Å². The molecule has 1 aliphatic carbocycles. The highest BCUT2D eigenvalue weighted by Gasteiger charge is 2.33. The van der Waals surface area contributed by atoms with Crippen molar-refractivity contribution in [2.75, 3.05) is 13.1 Å². The van der Waals surface area contributed by atoms with Gasteiger partial charge in [0.25, 0.3) is 10.0 Å². The topological polar surface area (TPSA) is 78.1 Å². The van der Waals surface area contributed by atoms with Crippen LogP contribution in [0.25, 0.3) is 0 Å². The first kappa shape index (κ1) is 16.5. The van der Waals surface area contributed by atoms with Crippen LogP contribution in [0.2, 0.25) is 0 Å². The molecule has 6 nitrogen and oxygen atoms in total. The van der Waals surface area contributed by atoms with Crippen LogP contribution in [0, 0.1) is 12.8 Å². The highest BCUT2D eigenvalue weighted by atomic mass is 32.2. The fourth-order valence-corrected chi connectivity index (χ4v) is 3.95. The molecule has 1 aromatic heterocycles. The zero-order valence-electron chi connectivity index (χ0n) is 13.3. The number of nitrogens with one attached hydrogen (secondary N) is 2. The lowest BCUT2D eigenvalue weighted by atomic mass is 10.2. The Morgan fingerprint density at radius 1 is 1.43 bits per heavy atom. The van der Waals surface area contributed by atoms with Gasteiger partial charge in [0.15, 0.2) is 5.03 Å². The van der Waals surface area contributed by atoms with Crippen LogP contribution in [0.1, 0.15) is 44.9 Å². The number of hydrogen-bond acceptors (Lipinski definition) is 4. The van der Waals surface area contributed by atoms with E-state index in [9.17, 15) is 8.42 Å². The minimum absolute atomic E-state index is 0.177. The van der Waals surface area contributed by atoms with E-state index in [0.717, 1.165) is 24.1 Å². The summed E-state index contributed by atoms with van der Waals surface area (Å²) in [6, 6.07) is 0.295. The number of nitrogens with zero attached hydrogens (tertiary/aromatic N) is 2. The summed E-state index contributed by atoms with van der Waals surface area (Å²) in [5.41, 5.74) is 1.56. The van der Waals surface area contributed by atoms with E-state index in [2.05, 4.69) is 15.5 Å². The minimum atomic E-state index is -3.51. The van der Waals surface area contributed by atoms with Crippen LogP contribution in [0.5, 0.6) is 0 Å². The van der Waals surface area contributed by atoms with Gasteiger partial charge in [-0.05, 0) is 25.7 Å². The van der Waals surface area contributed by atoms with E-state index in [1.807, 2.05) is 27.7 Å². The Balaban J connectivity index is 2.25. The highest BCUT2D eigenvalue weighted by Crippen LogP contribution is 2.32. The zero-order valence-corrected chi connectivity index (χ0v) is 14.1. The number of H-pyrrole nitrogens is 1. The second-order valence-electron chi connectivity index (χ2n) is 6.07. The van der Waals surface area contributed by atoms with Crippen LogP contribution in [0.15, 0.2) is 5.03 Å². The van der Waals surface area contributed by atoms with E-state index < -0.39 is 10.0 Å². The van der Waals surface area contributed by atoms with Gasteiger partial charge in [0.05, 0.1) is 0 Å². The normalized spacial score (nSPS) is 16.1. The highest BCUT2D eigenvalue weighted by molar-refractivity contribution is 7.89. The first-order chi connectivity index (χ1) is 9.86. The van der Waals surface area contributed by atoms with Gasteiger partial charge in [-0.25, -0.2) is 8.42 Å². The maximum Gasteiger partial charge on any atom is 0.262 e. The molecule has 0 bridgehead atoms. The molecular weight excluding hydrogens is 288 g/mol. The van der Waals surface area contributed by atoms with E-state index in [4.69, 9.17) is 0 Å². The van der Waals surface area contributed by atoms with Crippen molar-refractivity contribution in [3.05, 3.63) is 11.3 Å². The van der Waals surface area contributed by atoms with Gasteiger partial charge in [0.1, 0.15) is 0 Å². The lowest BCUT2D eigenvalue weighted by Gasteiger charge is -2.20. The van der Waals surface area contributed by atoms with Gasteiger partial charge in [0, 0.05) is 36.9 Å². The molecule has 0 amide bonds. The lowest BCUT2D eigenvalue weighted by molar-refractivity contribution is 0.409. The van der Waals surface area contributed by atoms with Gasteiger partial charge in [-0.3, -0.25) is 5.10 Å². The summed E-state index contributed by atoms with van der Waals surface area (Å²) in [6.07, 6.45) is 2.26. The molecule has 21 heavy (non-hydrogen) atoms. The van der Waals surface area contributed by atoms with Crippen molar-refractivity contribution in [1.82, 2.24) is 19.8 Å². The number of aromatic amines is 1. The van der Waals surface area contributed by atoms with Crippen molar-refractivity contribution in [2.45, 2.75) is 58.1 Å². The molecule has 2 N–H and O–H groups in total. The Morgan fingerprint density at radius 3 is 2.62 bits per heavy atom. The van der Waals surface area contributed by atoms with Gasteiger partial charge in [-0.15, -0.1) is 0 Å². The van der Waals surface area contributed by atoms with Crippen LogP contribution in [0.3, 0.4) is 0 Å². The number of rotatable bonds is 8. The first-order valence-corrected chi connectivity index (χ1v) is 9.07. The molecule has 0 atom stereocenters. The summed E-state index contributed by atoms with van der Waals surface area (Å²) >= 11 is 0. The molecule has 0 unspecified atom stereocenters. The molecule has 0 spiro atoms. The molecule has 1 aromatic rings. The Morgan fingerprint density at radius 2 is 2.10 bits per heavy atom. The van der Waals surface area contributed by atoms with Crippen LogP contribution in [-0.4, -0.2) is 42.1 Å². The Hall–Kier alpha value is -0.920. The van der Waals surface area contributed by atoms with Gasteiger partial charge < -0.3 is 5.32 Å². The van der Waals surface area contributed by atoms with Crippen molar-refractivity contribution in [1.29, 1.82) is 0 Å². The predicted molar refractivity (Wildman–Crippen MR) is 82.5 cm³/mol. The maximum atomic E-state index is 12.8. The van der Waals surface area contributed by atoms with E-state index >= 15 is 0 Å². The van der Waals surface area contributed by atoms with Crippen LogP contribution < -0.4 is 5.32 Å². The zero-order chi connectivity index (χ0) is 15.6. The molecule has 7 heteroatoms. The van der Waals surface area contributed by atoms with E-state index in [1.165, 1.54) is 0 Å². The summed E-state index contributed by atoms with van der Waals surface area (Å²) in [4.78, 5) is 0. The van der Waals surface area contributed by atoms with Crippen molar-refractivity contribution in [3.63, 3.8) is 0 Å². The van der Waals surface area contributed by atoms with Crippen molar-refractivity contribution >= 4 is 10.0 Å². The van der Waals surface area contributed by atoms with Crippen molar-refractivity contribution in [3.8, 4) is 0 Å². The first-order valence-electron chi connectivity index (χ1n) is 7.63. The van der Waals surface area contributed by atoms with E-state index in [-0.39, 0.29) is 5.03 Å². The Kier molecular flexibility index (Phi) is 5.06. The van der Waals surface area contributed by atoms with Gasteiger partial charge >= 0.3 is 0 Å². The summed E-state index contributed by atoms with van der Waals surface area (Å²) in [6.45, 7) is 9.43. The number of hydrogen-bond donors (Lipinski definition) is 2. The third-order valence-corrected chi connectivity index (χ3v) is 5.73. The average molecular weight is 314 g/mol. The summed E-state index contributed by atoms with van der Waals surface area (Å²) in [5, 5.41) is 10.3. The van der Waals surface area contributed by atoms with Crippen molar-refractivity contribution in [2.24, 2.45) is 5.92 Å². The third kappa shape index (κ3) is 3.84. The number of aromatic nitrogens is 2. The van der Waals surface area contributed by atoms with E-state index in [0.29, 0.717) is 31.6 Å². The molecule has 0 saturated heterocycles. The predicted octanol–water partition coefficient (Wildman–Crippen LogP) is 1.64. The molecule has 2 rings (SSSR count). The Bertz CT molecular complexity index is 576. The fourth-order valence-electron chi connectivity index (χ4n) is 2.27. The van der Waals surface area contributed by atoms with Gasteiger partial charge in [-0.1, -0.05) is 20.8 Å². The smallest absolute Gasteiger partial charge is 0.262 e. The SMILES string of the molecule is CCN(CC1CC1)S(=O)(=O)c1n[nH]c(C)c1CNC(C)C. The fraction of sp³-hybridized carbons (Fsp3) is 0.786. The Labute approximate surface area is 127 Å². The minimum Gasteiger partial charge on any atom is -0.310 e. The molecule has 1 aliphatic rings. The molecule has 0 aromatic carbocycles. The molecule has 1 fully saturated rings. The van der Waals surface area contributed by atoms with Crippen molar-refractivity contribution < 1.29 is 8.42 Å². The summed E-state index contributed by atoms with van der Waals surface area (Å²) in [7, 11) is -3.51. The molecule has 0 aliphatic heterocycles. The largest absolute Gasteiger partial charge is 0.310 e.